The fourth-order valence-electron chi connectivity index (χ4n) is 1.91. The Kier molecular flexibility index (Phi) is 4.39. The Morgan fingerprint density at radius 2 is 2.17 bits per heavy atom. The summed E-state index contributed by atoms with van der Waals surface area (Å²) in [4.78, 5) is 16.2. The molecule has 3 aromatic rings. The highest BCUT2D eigenvalue weighted by Gasteiger charge is 2.21. The number of hydrogen-bond donors (Lipinski definition) is 1. The Balaban J connectivity index is 1.81. The summed E-state index contributed by atoms with van der Waals surface area (Å²) >= 11 is 7.01. The van der Waals surface area contributed by atoms with E-state index in [1.165, 1.54) is 34.9 Å². The van der Waals surface area contributed by atoms with E-state index in [2.05, 4.69) is 10.1 Å². The molecule has 2 aromatic heterocycles. The summed E-state index contributed by atoms with van der Waals surface area (Å²) < 4.78 is 28.0. The number of benzene rings is 1. The third kappa shape index (κ3) is 3.48. The van der Waals surface area contributed by atoms with Gasteiger partial charge in [0.05, 0.1) is 11.1 Å². The number of nitrogens with one attached hydrogen (secondary N) is 1. The van der Waals surface area contributed by atoms with Gasteiger partial charge < -0.3 is 0 Å². The molecule has 24 heavy (non-hydrogen) atoms. The SMILES string of the molecule is Cn1cc(-c2nc(C(=O)NS(=O)(=O)c3cccc(Cl)c3)cs2)cn1. The van der Waals surface area contributed by atoms with Crippen molar-refractivity contribution >= 4 is 38.9 Å². The van der Waals surface area contributed by atoms with Crippen LogP contribution in [0.1, 0.15) is 10.5 Å². The Labute approximate surface area is 147 Å². The van der Waals surface area contributed by atoms with Crippen LogP contribution in [-0.4, -0.2) is 29.1 Å². The second-order valence-electron chi connectivity index (χ2n) is 4.83. The van der Waals surface area contributed by atoms with Crippen molar-refractivity contribution in [3.8, 4) is 10.6 Å². The van der Waals surface area contributed by atoms with E-state index in [1.807, 2.05) is 4.72 Å². The molecule has 0 bridgehead atoms. The third-order valence-electron chi connectivity index (χ3n) is 3.02. The van der Waals surface area contributed by atoms with Gasteiger partial charge in [-0.2, -0.15) is 5.10 Å². The number of thiazole rings is 1. The smallest absolute Gasteiger partial charge is 0.275 e. The van der Waals surface area contributed by atoms with Crippen LogP contribution in [0.5, 0.6) is 0 Å². The number of nitrogens with zero attached hydrogens (tertiary/aromatic N) is 3. The number of amides is 1. The number of aromatic nitrogens is 3. The van der Waals surface area contributed by atoms with Crippen LogP contribution in [0.2, 0.25) is 5.02 Å². The summed E-state index contributed by atoms with van der Waals surface area (Å²) in [7, 11) is -2.25. The first-order valence-corrected chi connectivity index (χ1v) is 9.36. The molecule has 0 spiro atoms. The van der Waals surface area contributed by atoms with E-state index in [1.54, 1.807) is 30.2 Å². The summed E-state index contributed by atoms with van der Waals surface area (Å²) in [5.41, 5.74) is 0.767. The Hall–Kier alpha value is -2.23. The molecular weight excluding hydrogens is 372 g/mol. The predicted octanol–water partition coefficient (Wildman–Crippen LogP) is 2.32. The van der Waals surface area contributed by atoms with Gasteiger partial charge in [0, 0.05) is 29.2 Å². The highest BCUT2D eigenvalue weighted by Crippen LogP contribution is 2.23. The van der Waals surface area contributed by atoms with E-state index in [9.17, 15) is 13.2 Å². The lowest BCUT2D eigenvalue weighted by molar-refractivity contribution is 0.0977. The molecule has 0 saturated heterocycles. The summed E-state index contributed by atoms with van der Waals surface area (Å²) in [6, 6.07) is 5.65. The molecule has 1 N–H and O–H groups in total. The molecule has 0 saturated carbocycles. The van der Waals surface area contributed by atoms with Crippen LogP contribution in [-0.2, 0) is 17.1 Å². The highest BCUT2D eigenvalue weighted by molar-refractivity contribution is 7.90. The monoisotopic (exact) mass is 382 g/mol. The zero-order valence-corrected chi connectivity index (χ0v) is 14.7. The highest BCUT2D eigenvalue weighted by atomic mass is 35.5. The molecular formula is C14H11ClN4O3S2. The topological polar surface area (TPSA) is 94.0 Å². The van der Waals surface area contributed by atoms with Gasteiger partial charge in [-0.15, -0.1) is 11.3 Å². The third-order valence-corrected chi connectivity index (χ3v) is 5.48. The van der Waals surface area contributed by atoms with Crippen molar-refractivity contribution in [2.45, 2.75) is 4.90 Å². The fraction of sp³-hybridized carbons (Fsp3) is 0.0714. The maximum atomic E-state index is 12.2. The zero-order valence-electron chi connectivity index (χ0n) is 12.3. The van der Waals surface area contributed by atoms with Gasteiger partial charge in [0.2, 0.25) is 0 Å². The first-order chi connectivity index (χ1) is 11.3. The van der Waals surface area contributed by atoms with Gasteiger partial charge in [-0.05, 0) is 18.2 Å². The van der Waals surface area contributed by atoms with Crippen LogP contribution in [0.15, 0.2) is 46.9 Å². The molecule has 124 valence electrons. The molecule has 0 radical (unpaired) electrons. The lowest BCUT2D eigenvalue weighted by atomic mass is 10.4. The summed E-state index contributed by atoms with van der Waals surface area (Å²) in [5.74, 6) is -0.804. The lowest BCUT2D eigenvalue weighted by Gasteiger charge is -2.05. The normalized spacial score (nSPS) is 11.4. The second kappa shape index (κ2) is 6.34. The number of halogens is 1. The quantitative estimate of drug-likeness (QED) is 0.747. The first kappa shape index (κ1) is 16.6. The molecule has 10 heteroatoms. The molecule has 0 aliphatic rings. The Morgan fingerprint density at radius 3 is 2.83 bits per heavy atom. The van der Waals surface area contributed by atoms with Gasteiger partial charge in [0.15, 0.2) is 0 Å². The molecule has 1 amide bonds. The van der Waals surface area contributed by atoms with Crippen LogP contribution in [0, 0.1) is 0 Å². The van der Waals surface area contributed by atoms with Gasteiger partial charge in [0.25, 0.3) is 15.9 Å². The van der Waals surface area contributed by atoms with Crippen LogP contribution in [0.25, 0.3) is 10.6 Å². The summed E-state index contributed by atoms with van der Waals surface area (Å²) in [6.45, 7) is 0. The number of rotatable bonds is 4. The molecule has 1 aromatic carbocycles. The molecule has 3 rings (SSSR count). The molecule has 0 aliphatic heterocycles. The van der Waals surface area contributed by atoms with Gasteiger partial charge in [0.1, 0.15) is 10.7 Å². The van der Waals surface area contributed by atoms with Crippen LogP contribution < -0.4 is 4.72 Å². The van der Waals surface area contributed by atoms with Crippen molar-refractivity contribution < 1.29 is 13.2 Å². The second-order valence-corrected chi connectivity index (χ2v) is 7.81. The van der Waals surface area contributed by atoms with Crippen molar-refractivity contribution in [3.05, 3.63) is 52.8 Å². The zero-order chi connectivity index (χ0) is 17.3. The standard InChI is InChI=1S/C14H11ClN4O3S2/c1-19-7-9(6-16-19)14-17-12(8-23-14)13(20)18-24(21,22)11-4-2-3-10(15)5-11/h2-8H,1H3,(H,18,20). The predicted molar refractivity (Wildman–Crippen MR) is 90.4 cm³/mol. The van der Waals surface area contributed by atoms with Crippen molar-refractivity contribution in [1.29, 1.82) is 0 Å². The summed E-state index contributed by atoms with van der Waals surface area (Å²) in [6.07, 6.45) is 3.37. The van der Waals surface area contributed by atoms with Gasteiger partial charge in [-0.25, -0.2) is 18.1 Å². The number of sulfonamides is 1. The minimum atomic E-state index is -4.02. The van der Waals surface area contributed by atoms with Crippen molar-refractivity contribution in [2.24, 2.45) is 7.05 Å². The van der Waals surface area contributed by atoms with Crippen LogP contribution >= 0.6 is 22.9 Å². The van der Waals surface area contributed by atoms with Gasteiger partial charge in [-0.3, -0.25) is 9.48 Å². The molecule has 2 heterocycles. The fourth-order valence-corrected chi connectivity index (χ4v) is 3.95. The van der Waals surface area contributed by atoms with Crippen molar-refractivity contribution in [3.63, 3.8) is 0 Å². The largest absolute Gasteiger partial charge is 0.284 e. The summed E-state index contributed by atoms with van der Waals surface area (Å²) in [5, 5.41) is 6.36. The minimum Gasteiger partial charge on any atom is -0.275 e. The number of carbonyl (C=O) groups is 1. The van der Waals surface area contributed by atoms with Gasteiger partial charge >= 0.3 is 0 Å². The number of aryl methyl sites for hydroxylation is 1. The average molecular weight is 383 g/mol. The van der Waals surface area contributed by atoms with E-state index in [-0.39, 0.29) is 15.6 Å². The Morgan fingerprint density at radius 1 is 1.38 bits per heavy atom. The lowest BCUT2D eigenvalue weighted by Crippen LogP contribution is -2.30. The maximum Gasteiger partial charge on any atom is 0.284 e. The molecule has 0 unspecified atom stereocenters. The van der Waals surface area contributed by atoms with E-state index >= 15 is 0 Å². The van der Waals surface area contributed by atoms with Crippen LogP contribution in [0.4, 0.5) is 0 Å². The molecule has 0 atom stereocenters. The molecule has 7 nitrogen and oxygen atoms in total. The van der Waals surface area contributed by atoms with E-state index in [4.69, 9.17) is 11.6 Å². The van der Waals surface area contributed by atoms with Crippen molar-refractivity contribution in [1.82, 2.24) is 19.5 Å². The van der Waals surface area contributed by atoms with E-state index in [0.29, 0.717) is 5.01 Å². The number of hydrogen-bond acceptors (Lipinski definition) is 6. The average Bonchev–Trinajstić information content (AvgIpc) is 3.15. The molecule has 0 aliphatic carbocycles. The van der Waals surface area contributed by atoms with Gasteiger partial charge in [-0.1, -0.05) is 17.7 Å². The maximum absolute atomic E-state index is 12.2. The van der Waals surface area contributed by atoms with Crippen molar-refractivity contribution in [2.75, 3.05) is 0 Å². The van der Waals surface area contributed by atoms with E-state index in [0.717, 1.165) is 5.56 Å². The van der Waals surface area contributed by atoms with E-state index < -0.39 is 15.9 Å². The number of carbonyl (C=O) groups excluding carboxylic acids is 1. The van der Waals surface area contributed by atoms with Crippen LogP contribution in [0.3, 0.4) is 0 Å². The molecule has 0 fully saturated rings. The minimum absolute atomic E-state index is 0.0180. The first-order valence-electron chi connectivity index (χ1n) is 6.62. The Bertz CT molecular complexity index is 1010.